The van der Waals surface area contributed by atoms with Gasteiger partial charge in [-0.2, -0.15) is 5.10 Å². The SMILES string of the molecule is CC(C)n1nc(C(=O)NCC2(O)CCCCC2)c2ccccc2c1=O. The number of fused-ring (bicyclic) bond motifs is 1. The first-order valence-electron chi connectivity index (χ1n) is 8.93. The van der Waals surface area contributed by atoms with E-state index < -0.39 is 5.60 Å². The summed E-state index contributed by atoms with van der Waals surface area (Å²) in [5.41, 5.74) is -0.813. The fourth-order valence-corrected chi connectivity index (χ4v) is 3.44. The van der Waals surface area contributed by atoms with E-state index in [1.54, 1.807) is 24.3 Å². The van der Waals surface area contributed by atoms with E-state index in [2.05, 4.69) is 10.4 Å². The van der Waals surface area contributed by atoms with Crippen LogP contribution in [0.4, 0.5) is 0 Å². The van der Waals surface area contributed by atoms with Crippen molar-refractivity contribution in [3.63, 3.8) is 0 Å². The molecule has 2 N–H and O–H groups in total. The third kappa shape index (κ3) is 3.58. The minimum Gasteiger partial charge on any atom is -0.388 e. The molecule has 25 heavy (non-hydrogen) atoms. The van der Waals surface area contributed by atoms with Gasteiger partial charge in [-0.05, 0) is 32.8 Å². The zero-order chi connectivity index (χ0) is 18.0. The number of amides is 1. The molecule has 2 aromatic rings. The van der Waals surface area contributed by atoms with Crippen LogP contribution in [0.3, 0.4) is 0 Å². The monoisotopic (exact) mass is 343 g/mol. The summed E-state index contributed by atoms with van der Waals surface area (Å²) < 4.78 is 1.34. The molecule has 1 saturated carbocycles. The van der Waals surface area contributed by atoms with E-state index in [1.807, 2.05) is 13.8 Å². The summed E-state index contributed by atoms with van der Waals surface area (Å²) in [5, 5.41) is 18.7. The minimum atomic E-state index is -0.837. The summed E-state index contributed by atoms with van der Waals surface area (Å²) >= 11 is 0. The molecule has 0 radical (unpaired) electrons. The van der Waals surface area contributed by atoms with Gasteiger partial charge in [0.2, 0.25) is 0 Å². The molecule has 0 atom stereocenters. The topological polar surface area (TPSA) is 84.2 Å². The maximum absolute atomic E-state index is 12.7. The lowest BCUT2D eigenvalue weighted by molar-refractivity contribution is 0.00520. The van der Waals surface area contributed by atoms with Crippen molar-refractivity contribution in [2.24, 2.45) is 0 Å². The van der Waals surface area contributed by atoms with Crippen LogP contribution in [0.15, 0.2) is 29.1 Å². The van der Waals surface area contributed by atoms with Crippen molar-refractivity contribution < 1.29 is 9.90 Å². The molecule has 0 spiro atoms. The molecule has 1 aliphatic rings. The maximum atomic E-state index is 12.7. The number of rotatable bonds is 4. The average molecular weight is 343 g/mol. The van der Waals surface area contributed by atoms with E-state index in [0.29, 0.717) is 23.6 Å². The molecule has 6 heteroatoms. The number of aliphatic hydroxyl groups is 1. The van der Waals surface area contributed by atoms with E-state index in [9.17, 15) is 14.7 Å². The van der Waals surface area contributed by atoms with Gasteiger partial charge in [0.1, 0.15) is 0 Å². The number of benzene rings is 1. The van der Waals surface area contributed by atoms with Crippen LogP contribution in [-0.2, 0) is 0 Å². The number of nitrogens with one attached hydrogen (secondary N) is 1. The van der Waals surface area contributed by atoms with Crippen LogP contribution in [0.25, 0.3) is 10.8 Å². The molecule has 1 aromatic heterocycles. The summed E-state index contributed by atoms with van der Waals surface area (Å²) in [6.07, 6.45) is 4.49. The Kier molecular flexibility index (Phi) is 4.90. The second-order valence-electron chi connectivity index (χ2n) is 7.21. The molecule has 0 saturated heterocycles. The normalized spacial score (nSPS) is 17.0. The van der Waals surface area contributed by atoms with Crippen LogP contribution in [-0.4, -0.2) is 32.9 Å². The predicted molar refractivity (Wildman–Crippen MR) is 96.8 cm³/mol. The first-order chi connectivity index (χ1) is 11.9. The lowest BCUT2D eigenvalue weighted by Gasteiger charge is -2.32. The Morgan fingerprint density at radius 2 is 1.88 bits per heavy atom. The Morgan fingerprint density at radius 1 is 1.24 bits per heavy atom. The first kappa shape index (κ1) is 17.6. The van der Waals surface area contributed by atoms with Crippen molar-refractivity contribution in [1.29, 1.82) is 0 Å². The number of carbonyl (C=O) groups excluding carboxylic acids is 1. The maximum Gasteiger partial charge on any atom is 0.274 e. The summed E-state index contributed by atoms with van der Waals surface area (Å²) in [6.45, 7) is 3.92. The summed E-state index contributed by atoms with van der Waals surface area (Å²) in [4.78, 5) is 25.3. The quantitative estimate of drug-likeness (QED) is 0.893. The molecular formula is C19H25N3O3. The van der Waals surface area contributed by atoms with Gasteiger partial charge in [-0.1, -0.05) is 37.5 Å². The average Bonchev–Trinajstić information content (AvgIpc) is 2.61. The van der Waals surface area contributed by atoms with Crippen molar-refractivity contribution in [3.05, 3.63) is 40.3 Å². The minimum absolute atomic E-state index is 0.147. The molecule has 0 bridgehead atoms. The van der Waals surface area contributed by atoms with Crippen molar-refractivity contribution in [2.45, 2.75) is 57.6 Å². The molecule has 0 aliphatic heterocycles. The van der Waals surface area contributed by atoms with Crippen LogP contribution in [0.2, 0.25) is 0 Å². The highest BCUT2D eigenvalue weighted by Gasteiger charge is 2.30. The molecule has 1 aromatic carbocycles. The van der Waals surface area contributed by atoms with Gasteiger partial charge in [0.15, 0.2) is 5.69 Å². The highest BCUT2D eigenvalue weighted by Crippen LogP contribution is 2.27. The van der Waals surface area contributed by atoms with Gasteiger partial charge in [-0.15, -0.1) is 0 Å². The zero-order valence-corrected chi connectivity index (χ0v) is 14.8. The van der Waals surface area contributed by atoms with E-state index in [1.165, 1.54) is 4.68 Å². The smallest absolute Gasteiger partial charge is 0.274 e. The van der Waals surface area contributed by atoms with Crippen LogP contribution in [0.5, 0.6) is 0 Å². The van der Waals surface area contributed by atoms with Crippen LogP contribution in [0, 0.1) is 0 Å². The van der Waals surface area contributed by atoms with Gasteiger partial charge >= 0.3 is 0 Å². The van der Waals surface area contributed by atoms with Crippen LogP contribution < -0.4 is 10.9 Å². The highest BCUT2D eigenvalue weighted by atomic mass is 16.3. The fraction of sp³-hybridized carbons (Fsp3) is 0.526. The van der Waals surface area contributed by atoms with E-state index in [4.69, 9.17) is 0 Å². The number of aromatic nitrogens is 2. The summed E-state index contributed by atoms with van der Waals surface area (Å²) in [5.74, 6) is -0.357. The molecule has 1 heterocycles. The first-order valence-corrected chi connectivity index (χ1v) is 8.93. The Hall–Kier alpha value is -2.21. The van der Waals surface area contributed by atoms with Gasteiger partial charge in [0.05, 0.1) is 17.0 Å². The Bertz CT molecular complexity index is 835. The molecular weight excluding hydrogens is 318 g/mol. The van der Waals surface area contributed by atoms with Crippen molar-refractivity contribution in [2.75, 3.05) is 6.54 Å². The number of hydrogen-bond donors (Lipinski definition) is 2. The predicted octanol–water partition coefficient (Wildman–Crippen LogP) is 2.40. The van der Waals surface area contributed by atoms with Crippen LogP contribution >= 0.6 is 0 Å². The molecule has 1 amide bonds. The van der Waals surface area contributed by atoms with Gasteiger partial charge < -0.3 is 10.4 Å². The third-order valence-corrected chi connectivity index (χ3v) is 4.89. The van der Waals surface area contributed by atoms with Gasteiger partial charge in [0.25, 0.3) is 11.5 Å². The van der Waals surface area contributed by atoms with Crippen molar-refractivity contribution >= 4 is 16.7 Å². The lowest BCUT2D eigenvalue weighted by atomic mass is 9.85. The van der Waals surface area contributed by atoms with E-state index >= 15 is 0 Å². The van der Waals surface area contributed by atoms with E-state index in [-0.39, 0.29) is 29.7 Å². The summed E-state index contributed by atoms with van der Waals surface area (Å²) in [7, 11) is 0. The molecule has 1 aliphatic carbocycles. The standard InChI is InChI=1S/C19H25N3O3/c1-13(2)22-18(24)15-9-5-4-8-14(15)16(21-22)17(23)20-12-19(25)10-6-3-7-11-19/h4-5,8-9,13,25H,3,6-7,10-12H2,1-2H3,(H,20,23). The summed E-state index contributed by atoms with van der Waals surface area (Å²) in [6, 6.07) is 6.86. The second kappa shape index (κ2) is 6.96. The molecule has 0 unspecified atom stereocenters. The van der Waals surface area contributed by atoms with Crippen LogP contribution in [0.1, 0.15) is 62.5 Å². The highest BCUT2D eigenvalue weighted by molar-refractivity contribution is 6.04. The lowest BCUT2D eigenvalue weighted by Crippen LogP contribution is -2.44. The Balaban J connectivity index is 1.93. The fourth-order valence-electron chi connectivity index (χ4n) is 3.44. The van der Waals surface area contributed by atoms with Gasteiger partial charge in [-0.25, -0.2) is 4.68 Å². The number of nitrogens with zero attached hydrogens (tertiary/aromatic N) is 2. The molecule has 3 rings (SSSR count). The third-order valence-electron chi connectivity index (χ3n) is 4.89. The zero-order valence-electron chi connectivity index (χ0n) is 14.8. The van der Waals surface area contributed by atoms with E-state index in [0.717, 1.165) is 19.3 Å². The number of carbonyl (C=O) groups is 1. The molecule has 6 nitrogen and oxygen atoms in total. The number of hydrogen-bond acceptors (Lipinski definition) is 4. The molecule has 1 fully saturated rings. The molecule has 134 valence electrons. The van der Waals surface area contributed by atoms with Crippen molar-refractivity contribution in [3.8, 4) is 0 Å². The second-order valence-corrected chi connectivity index (χ2v) is 7.21. The Labute approximate surface area is 146 Å². The largest absolute Gasteiger partial charge is 0.388 e. The van der Waals surface area contributed by atoms with Gasteiger partial charge in [0, 0.05) is 11.9 Å². The van der Waals surface area contributed by atoms with Crippen molar-refractivity contribution in [1.82, 2.24) is 15.1 Å². The Morgan fingerprint density at radius 3 is 2.52 bits per heavy atom. The van der Waals surface area contributed by atoms with Gasteiger partial charge in [-0.3, -0.25) is 9.59 Å².